The van der Waals surface area contributed by atoms with Crippen LogP contribution >= 0.6 is 0 Å². The molecule has 0 spiro atoms. The van der Waals surface area contributed by atoms with Gasteiger partial charge in [-0.3, -0.25) is 4.79 Å². The molecule has 0 saturated carbocycles. The fraction of sp³-hybridized carbons (Fsp3) is 0.688. The maximum Gasteiger partial charge on any atom is 0.236 e. The number of nitrogens with one attached hydrogen (secondary N) is 1. The van der Waals surface area contributed by atoms with Crippen molar-refractivity contribution in [1.82, 2.24) is 10.2 Å². The molecule has 1 amide bonds. The lowest BCUT2D eigenvalue weighted by Gasteiger charge is -2.30. The summed E-state index contributed by atoms with van der Waals surface area (Å²) in [5, 5.41) is 3.31. The molecular formula is C16H26N2O2. The Morgan fingerprint density at radius 1 is 1.45 bits per heavy atom. The number of carbonyl (C=O) groups excluding carboxylic acids is 1. The van der Waals surface area contributed by atoms with Crippen LogP contribution in [0.25, 0.3) is 0 Å². The molecule has 1 aliphatic rings. The third kappa shape index (κ3) is 3.63. The smallest absolute Gasteiger partial charge is 0.236 e. The lowest BCUT2D eigenvalue weighted by molar-refractivity contribution is -0.131. The first kappa shape index (κ1) is 15.1. The fourth-order valence-electron chi connectivity index (χ4n) is 2.80. The molecule has 1 fully saturated rings. The molecule has 1 N–H and O–H groups in total. The highest BCUT2D eigenvalue weighted by Crippen LogP contribution is 2.21. The van der Waals surface area contributed by atoms with Gasteiger partial charge in [0.25, 0.3) is 0 Å². The van der Waals surface area contributed by atoms with Crippen LogP contribution in [-0.2, 0) is 4.79 Å². The minimum absolute atomic E-state index is 0.139. The van der Waals surface area contributed by atoms with Crippen LogP contribution in [0.15, 0.2) is 10.5 Å². The van der Waals surface area contributed by atoms with Gasteiger partial charge in [-0.25, -0.2) is 0 Å². The molecule has 1 aliphatic heterocycles. The lowest BCUT2D eigenvalue weighted by Crippen LogP contribution is -2.43. The van der Waals surface area contributed by atoms with Gasteiger partial charge in [0, 0.05) is 24.7 Å². The molecule has 1 aromatic heterocycles. The lowest BCUT2D eigenvalue weighted by atomic mass is 9.99. The molecule has 0 unspecified atom stereocenters. The molecule has 2 heterocycles. The topological polar surface area (TPSA) is 45.5 Å². The van der Waals surface area contributed by atoms with E-state index in [2.05, 4.69) is 19.2 Å². The predicted molar refractivity (Wildman–Crippen MR) is 79.6 cm³/mol. The van der Waals surface area contributed by atoms with Gasteiger partial charge < -0.3 is 14.6 Å². The number of hydrogen-bond acceptors (Lipinski definition) is 3. The maximum absolute atomic E-state index is 12.2. The van der Waals surface area contributed by atoms with E-state index in [1.54, 1.807) is 0 Å². The summed E-state index contributed by atoms with van der Waals surface area (Å²) < 4.78 is 5.54. The van der Waals surface area contributed by atoms with Gasteiger partial charge in [0.2, 0.25) is 5.91 Å². The summed E-state index contributed by atoms with van der Waals surface area (Å²) in [4.78, 5) is 14.2. The second-order valence-electron chi connectivity index (χ2n) is 6.03. The van der Waals surface area contributed by atoms with E-state index in [0.29, 0.717) is 6.54 Å². The number of likely N-dealkylation sites (tertiary alicyclic amines) is 1. The van der Waals surface area contributed by atoms with Crippen molar-refractivity contribution >= 4 is 5.91 Å². The second-order valence-corrected chi connectivity index (χ2v) is 6.03. The molecule has 0 radical (unpaired) electrons. The van der Waals surface area contributed by atoms with E-state index in [1.807, 2.05) is 24.8 Å². The van der Waals surface area contributed by atoms with Gasteiger partial charge >= 0.3 is 0 Å². The van der Waals surface area contributed by atoms with Crippen LogP contribution in [0.5, 0.6) is 0 Å². The summed E-state index contributed by atoms with van der Waals surface area (Å²) in [7, 11) is 0. The Kier molecular flexibility index (Phi) is 4.86. The number of furan rings is 1. The van der Waals surface area contributed by atoms with Crippen molar-refractivity contribution in [3.05, 3.63) is 23.2 Å². The van der Waals surface area contributed by atoms with Gasteiger partial charge in [-0.1, -0.05) is 6.92 Å². The van der Waals surface area contributed by atoms with Crippen molar-refractivity contribution in [3.63, 3.8) is 0 Å². The Labute approximate surface area is 121 Å². The van der Waals surface area contributed by atoms with Crippen molar-refractivity contribution in [3.8, 4) is 0 Å². The van der Waals surface area contributed by atoms with E-state index in [-0.39, 0.29) is 11.9 Å². The average molecular weight is 278 g/mol. The summed E-state index contributed by atoms with van der Waals surface area (Å²) in [6, 6.07) is 2.18. The Morgan fingerprint density at radius 3 is 2.65 bits per heavy atom. The number of aryl methyl sites for hydroxylation is 2. The quantitative estimate of drug-likeness (QED) is 0.921. The molecule has 4 nitrogen and oxygen atoms in total. The van der Waals surface area contributed by atoms with Gasteiger partial charge in [0.05, 0.1) is 6.54 Å². The van der Waals surface area contributed by atoms with Crippen molar-refractivity contribution in [2.24, 2.45) is 5.92 Å². The van der Waals surface area contributed by atoms with Crippen molar-refractivity contribution in [1.29, 1.82) is 0 Å². The van der Waals surface area contributed by atoms with Crippen molar-refractivity contribution in [2.75, 3.05) is 19.6 Å². The molecule has 4 heteroatoms. The van der Waals surface area contributed by atoms with E-state index in [1.165, 1.54) is 0 Å². The Balaban J connectivity index is 1.82. The summed E-state index contributed by atoms with van der Waals surface area (Å²) in [6.45, 7) is 10.5. The second kappa shape index (κ2) is 6.44. The molecular weight excluding hydrogens is 252 g/mol. The van der Waals surface area contributed by atoms with E-state index in [4.69, 9.17) is 4.42 Å². The molecule has 1 atom stereocenters. The molecule has 1 saturated heterocycles. The number of rotatable bonds is 4. The van der Waals surface area contributed by atoms with Crippen LogP contribution in [-0.4, -0.2) is 30.4 Å². The van der Waals surface area contributed by atoms with Crippen LogP contribution < -0.4 is 5.32 Å². The molecule has 2 rings (SSSR count). The minimum atomic E-state index is 0.139. The Morgan fingerprint density at radius 2 is 2.10 bits per heavy atom. The normalized spacial score (nSPS) is 18.3. The number of piperidine rings is 1. The summed E-state index contributed by atoms with van der Waals surface area (Å²) in [6.07, 6.45) is 2.25. The molecule has 0 aliphatic carbocycles. The van der Waals surface area contributed by atoms with Crippen molar-refractivity contribution in [2.45, 2.75) is 46.6 Å². The van der Waals surface area contributed by atoms with Crippen molar-refractivity contribution < 1.29 is 9.21 Å². The molecule has 0 bridgehead atoms. The first-order valence-corrected chi connectivity index (χ1v) is 7.55. The predicted octanol–water partition coefficient (Wildman–Crippen LogP) is 2.81. The third-order valence-corrected chi connectivity index (χ3v) is 4.24. The molecule has 20 heavy (non-hydrogen) atoms. The number of carbonyl (C=O) groups is 1. The zero-order chi connectivity index (χ0) is 14.7. The highest BCUT2D eigenvalue weighted by Gasteiger charge is 2.21. The van der Waals surface area contributed by atoms with Gasteiger partial charge in [-0.15, -0.1) is 0 Å². The van der Waals surface area contributed by atoms with E-state index >= 15 is 0 Å². The van der Waals surface area contributed by atoms with Gasteiger partial charge in [-0.05, 0) is 45.6 Å². The van der Waals surface area contributed by atoms with E-state index in [0.717, 1.165) is 48.9 Å². The standard InChI is InChI=1S/C16H26N2O2/c1-11-5-7-18(8-6-11)16(19)10-17-13(3)15-9-12(2)20-14(15)4/h9,11,13,17H,5-8,10H2,1-4H3/t13-/m0/s1. The average Bonchev–Trinajstić information content (AvgIpc) is 2.75. The van der Waals surface area contributed by atoms with E-state index in [9.17, 15) is 4.79 Å². The summed E-state index contributed by atoms with van der Waals surface area (Å²) >= 11 is 0. The largest absolute Gasteiger partial charge is 0.466 e. The zero-order valence-electron chi connectivity index (χ0n) is 13.0. The first-order chi connectivity index (χ1) is 9.47. The number of amides is 1. The number of hydrogen-bond donors (Lipinski definition) is 1. The highest BCUT2D eigenvalue weighted by molar-refractivity contribution is 5.78. The SMILES string of the molecule is Cc1cc([C@H](C)NCC(=O)N2CCC(C)CC2)c(C)o1. The van der Waals surface area contributed by atoms with Crippen LogP contribution in [0, 0.1) is 19.8 Å². The van der Waals surface area contributed by atoms with Crippen LogP contribution in [0.2, 0.25) is 0 Å². The van der Waals surface area contributed by atoms with Crippen LogP contribution in [0.4, 0.5) is 0 Å². The van der Waals surface area contributed by atoms with Gasteiger partial charge in [-0.2, -0.15) is 0 Å². The Bertz CT molecular complexity index is 459. The summed E-state index contributed by atoms with van der Waals surface area (Å²) in [5.41, 5.74) is 1.14. The molecule has 112 valence electrons. The number of nitrogens with zero attached hydrogens (tertiary/aromatic N) is 1. The maximum atomic E-state index is 12.2. The van der Waals surface area contributed by atoms with Crippen LogP contribution in [0.1, 0.15) is 49.8 Å². The zero-order valence-corrected chi connectivity index (χ0v) is 13.0. The summed E-state index contributed by atoms with van der Waals surface area (Å²) in [5.74, 6) is 2.81. The molecule has 1 aromatic rings. The van der Waals surface area contributed by atoms with Gasteiger partial charge in [0.1, 0.15) is 11.5 Å². The first-order valence-electron chi connectivity index (χ1n) is 7.55. The molecule has 0 aromatic carbocycles. The Hall–Kier alpha value is -1.29. The minimum Gasteiger partial charge on any atom is -0.466 e. The fourth-order valence-corrected chi connectivity index (χ4v) is 2.80. The highest BCUT2D eigenvalue weighted by atomic mass is 16.3. The van der Waals surface area contributed by atoms with E-state index < -0.39 is 0 Å². The van der Waals surface area contributed by atoms with Crippen LogP contribution in [0.3, 0.4) is 0 Å². The van der Waals surface area contributed by atoms with Gasteiger partial charge in [0.15, 0.2) is 0 Å². The third-order valence-electron chi connectivity index (χ3n) is 4.24. The monoisotopic (exact) mass is 278 g/mol.